The highest BCUT2D eigenvalue weighted by Crippen LogP contribution is 2.26. The molecule has 100 valence electrons. The molecular weight excluding hydrogens is 246 g/mol. The fourth-order valence-corrected chi connectivity index (χ4v) is 2.28. The Hall–Kier alpha value is -1.95. The summed E-state index contributed by atoms with van der Waals surface area (Å²) in [6, 6.07) is 1.74. The lowest BCUT2D eigenvalue weighted by Gasteiger charge is -2.46. The number of aryl methyl sites for hydroxylation is 1. The van der Waals surface area contributed by atoms with E-state index in [1.54, 1.807) is 17.9 Å². The van der Waals surface area contributed by atoms with Gasteiger partial charge in [0.25, 0.3) is 11.6 Å². The number of nitrogens with zero attached hydrogens (tertiary/aromatic N) is 3. The molecule has 3 heterocycles. The van der Waals surface area contributed by atoms with Crippen molar-refractivity contribution in [3.63, 3.8) is 0 Å². The van der Waals surface area contributed by atoms with E-state index in [9.17, 15) is 9.90 Å². The van der Waals surface area contributed by atoms with Crippen LogP contribution in [0.25, 0.3) is 11.1 Å². The third-order valence-electron chi connectivity index (χ3n) is 3.67. The molecule has 0 saturated carbocycles. The maximum Gasteiger partial charge on any atom is 0.257 e. The van der Waals surface area contributed by atoms with E-state index in [4.69, 9.17) is 4.52 Å². The highest BCUT2D eigenvalue weighted by atomic mass is 16.5. The van der Waals surface area contributed by atoms with E-state index >= 15 is 0 Å². The van der Waals surface area contributed by atoms with E-state index in [1.165, 1.54) is 6.20 Å². The van der Waals surface area contributed by atoms with Gasteiger partial charge >= 0.3 is 0 Å². The van der Waals surface area contributed by atoms with Crippen LogP contribution >= 0.6 is 0 Å². The SMILES string of the molecule is CCC1(O)CN(C(=O)c2cnc3onc(C)c3c2)C1. The third kappa shape index (κ3) is 1.88. The van der Waals surface area contributed by atoms with E-state index in [0.29, 0.717) is 36.5 Å². The molecule has 1 aliphatic heterocycles. The summed E-state index contributed by atoms with van der Waals surface area (Å²) < 4.78 is 5.01. The molecule has 6 nitrogen and oxygen atoms in total. The predicted molar refractivity (Wildman–Crippen MR) is 67.7 cm³/mol. The summed E-state index contributed by atoms with van der Waals surface area (Å²) in [6.45, 7) is 4.48. The number of rotatable bonds is 2. The molecule has 0 aromatic carbocycles. The number of hydrogen-bond donors (Lipinski definition) is 1. The Bertz CT molecular complexity index is 644. The number of pyridine rings is 1. The van der Waals surface area contributed by atoms with Crippen LogP contribution in [-0.2, 0) is 0 Å². The van der Waals surface area contributed by atoms with Gasteiger partial charge < -0.3 is 14.5 Å². The molecule has 1 amide bonds. The van der Waals surface area contributed by atoms with Crippen LogP contribution in [0, 0.1) is 6.92 Å². The second kappa shape index (κ2) is 4.03. The molecule has 1 saturated heterocycles. The number of carbonyl (C=O) groups is 1. The van der Waals surface area contributed by atoms with Crippen LogP contribution in [0.4, 0.5) is 0 Å². The van der Waals surface area contributed by atoms with Gasteiger partial charge in [-0.15, -0.1) is 0 Å². The molecule has 0 radical (unpaired) electrons. The summed E-state index contributed by atoms with van der Waals surface area (Å²) in [4.78, 5) is 17.9. The molecular formula is C13H15N3O3. The summed E-state index contributed by atoms with van der Waals surface area (Å²) in [7, 11) is 0. The first-order valence-corrected chi connectivity index (χ1v) is 6.26. The van der Waals surface area contributed by atoms with Crippen molar-refractivity contribution in [1.29, 1.82) is 0 Å². The average Bonchev–Trinajstić information content (AvgIpc) is 2.75. The molecule has 0 bridgehead atoms. The molecule has 0 unspecified atom stereocenters. The van der Waals surface area contributed by atoms with Crippen molar-refractivity contribution in [2.24, 2.45) is 0 Å². The first kappa shape index (κ1) is 12.1. The minimum atomic E-state index is -0.722. The third-order valence-corrected chi connectivity index (χ3v) is 3.67. The molecule has 2 aromatic rings. The van der Waals surface area contributed by atoms with Crippen molar-refractivity contribution in [2.45, 2.75) is 25.9 Å². The zero-order valence-corrected chi connectivity index (χ0v) is 10.9. The van der Waals surface area contributed by atoms with Gasteiger partial charge in [-0.3, -0.25) is 4.79 Å². The second-order valence-corrected chi connectivity index (χ2v) is 5.08. The molecule has 0 spiro atoms. The minimum absolute atomic E-state index is 0.117. The highest BCUT2D eigenvalue weighted by Gasteiger charge is 2.42. The molecule has 6 heteroatoms. The van der Waals surface area contributed by atoms with Crippen LogP contribution in [0.2, 0.25) is 0 Å². The fraction of sp³-hybridized carbons (Fsp3) is 0.462. The molecule has 2 aromatic heterocycles. The summed E-state index contributed by atoms with van der Waals surface area (Å²) in [5, 5.41) is 14.5. The molecule has 0 aliphatic carbocycles. The van der Waals surface area contributed by atoms with E-state index in [0.717, 1.165) is 5.39 Å². The predicted octanol–water partition coefficient (Wildman–Crippen LogP) is 1.13. The average molecular weight is 261 g/mol. The lowest BCUT2D eigenvalue weighted by atomic mass is 9.91. The van der Waals surface area contributed by atoms with Crippen LogP contribution in [0.3, 0.4) is 0 Å². The van der Waals surface area contributed by atoms with Crippen molar-refractivity contribution in [2.75, 3.05) is 13.1 Å². The standard InChI is InChI=1S/C13H15N3O3/c1-3-13(18)6-16(7-13)12(17)9-4-10-8(2)15-19-11(10)14-5-9/h4-5,18H,3,6-7H2,1-2H3. The van der Waals surface area contributed by atoms with Gasteiger partial charge in [0.05, 0.1) is 35.3 Å². The minimum Gasteiger partial charge on any atom is -0.386 e. The molecule has 1 N–H and O–H groups in total. The highest BCUT2D eigenvalue weighted by molar-refractivity contribution is 5.97. The van der Waals surface area contributed by atoms with Crippen molar-refractivity contribution in [1.82, 2.24) is 15.0 Å². The number of β-amino-alcohol motifs (C(OH)–C–C–N with tert-alkyl or cyclic N) is 1. The summed E-state index contributed by atoms with van der Waals surface area (Å²) >= 11 is 0. The number of aliphatic hydroxyl groups is 1. The Morgan fingerprint density at radius 2 is 2.32 bits per heavy atom. The Labute approximate surface area is 110 Å². The van der Waals surface area contributed by atoms with E-state index in [2.05, 4.69) is 10.1 Å². The van der Waals surface area contributed by atoms with Gasteiger partial charge in [-0.05, 0) is 19.4 Å². The Morgan fingerprint density at radius 1 is 1.58 bits per heavy atom. The van der Waals surface area contributed by atoms with E-state index in [1.807, 2.05) is 6.92 Å². The Kier molecular flexibility index (Phi) is 2.56. The van der Waals surface area contributed by atoms with Gasteiger partial charge in [0.2, 0.25) is 0 Å². The number of hydrogen-bond acceptors (Lipinski definition) is 5. The summed E-state index contributed by atoms with van der Waals surface area (Å²) in [6.07, 6.45) is 2.14. The zero-order chi connectivity index (χ0) is 13.6. The van der Waals surface area contributed by atoms with Crippen molar-refractivity contribution in [3.8, 4) is 0 Å². The van der Waals surface area contributed by atoms with Crippen LogP contribution in [0.1, 0.15) is 29.4 Å². The maximum atomic E-state index is 12.2. The van der Waals surface area contributed by atoms with Gasteiger partial charge in [0.15, 0.2) is 0 Å². The summed E-state index contributed by atoms with van der Waals surface area (Å²) in [5.41, 5.74) is 0.922. The van der Waals surface area contributed by atoms with Gasteiger partial charge in [0.1, 0.15) is 0 Å². The molecule has 3 rings (SSSR count). The van der Waals surface area contributed by atoms with Crippen LogP contribution in [0.5, 0.6) is 0 Å². The van der Waals surface area contributed by atoms with Gasteiger partial charge in [0, 0.05) is 6.20 Å². The smallest absolute Gasteiger partial charge is 0.257 e. The lowest BCUT2D eigenvalue weighted by Crippen LogP contribution is -2.63. The number of likely N-dealkylation sites (tertiary alicyclic amines) is 1. The second-order valence-electron chi connectivity index (χ2n) is 5.08. The fourth-order valence-electron chi connectivity index (χ4n) is 2.28. The largest absolute Gasteiger partial charge is 0.386 e. The molecule has 0 atom stereocenters. The number of aromatic nitrogens is 2. The van der Waals surface area contributed by atoms with E-state index in [-0.39, 0.29) is 5.91 Å². The first-order chi connectivity index (χ1) is 9.02. The number of fused-ring (bicyclic) bond motifs is 1. The topological polar surface area (TPSA) is 79.5 Å². The number of amides is 1. The maximum absolute atomic E-state index is 12.2. The van der Waals surface area contributed by atoms with E-state index < -0.39 is 5.60 Å². The van der Waals surface area contributed by atoms with Gasteiger partial charge in [-0.2, -0.15) is 0 Å². The van der Waals surface area contributed by atoms with Crippen molar-refractivity contribution < 1.29 is 14.4 Å². The van der Waals surface area contributed by atoms with Crippen LogP contribution in [0.15, 0.2) is 16.8 Å². The lowest BCUT2D eigenvalue weighted by molar-refractivity contribution is -0.0826. The molecule has 1 aliphatic rings. The summed E-state index contributed by atoms with van der Waals surface area (Å²) in [5.74, 6) is -0.117. The van der Waals surface area contributed by atoms with Crippen molar-refractivity contribution in [3.05, 3.63) is 23.5 Å². The van der Waals surface area contributed by atoms with Gasteiger partial charge in [-0.25, -0.2) is 4.98 Å². The van der Waals surface area contributed by atoms with Crippen LogP contribution < -0.4 is 0 Å². The normalized spacial score (nSPS) is 17.5. The monoisotopic (exact) mass is 261 g/mol. The quantitative estimate of drug-likeness (QED) is 0.876. The van der Waals surface area contributed by atoms with Crippen LogP contribution in [-0.4, -0.2) is 44.7 Å². The first-order valence-electron chi connectivity index (χ1n) is 6.26. The zero-order valence-electron chi connectivity index (χ0n) is 10.9. The molecule has 19 heavy (non-hydrogen) atoms. The number of carbonyl (C=O) groups excluding carboxylic acids is 1. The van der Waals surface area contributed by atoms with Crippen molar-refractivity contribution >= 4 is 17.0 Å². The Morgan fingerprint density at radius 3 is 3.00 bits per heavy atom. The Balaban J connectivity index is 1.85. The van der Waals surface area contributed by atoms with Gasteiger partial charge in [-0.1, -0.05) is 12.1 Å². The molecule has 1 fully saturated rings.